The Labute approximate surface area is 206 Å². The van der Waals surface area contributed by atoms with Gasteiger partial charge in [-0.3, -0.25) is 9.78 Å². The number of terminal acetylenes is 1. The molecule has 3 aromatic heterocycles. The molecule has 35 heavy (non-hydrogen) atoms. The molecule has 1 aromatic carbocycles. The Kier molecular flexibility index (Phi) is 6.03. The maximum absolute atomic E-state index is 13.5. The van der Waals surface area contributed by atoms with Crippen LogP contribution in [0.25, 0.3) is 21.1 Å². The summed E-state index contributed by atoms with van der Waals surface area (Å²) in [7, 11) is -3.84. The van der Waals surface area contributed by atoms with Crippen LogP contribution in [0, 0.1) is 23.7 Å². The van der Waals surface area contributed by atoms with E-state index in [0.717, 1.165) is 10.2 Å². The van der Waals surface area contributed by atoms with E-state index in [1.54, 1.807) is 41.4 Å². The molecule has 4 heterocycles. The molecule has 1 unspecified atom stereocenters. The molecule has 0 bridgehead atoms. The lowest BCUT2D eigenvalue weighted by Crippen LogP contribution is -2.56. The highest BCUT2D eigenvalue weighted by Gasteiger charge is 2.37. The van der Waals surface area contributed by atoms with Crippen molar-refractivity contribution in [1.82, 2.24) is 19.2 Å². The number of carbonyl (C=O) groups excluding carboxylic acids is 1. The number of aromatic amines is 1. The predicted octanol–water partition coefficient (Wildman–Crippen LogP) is 3.58. The highest BCUT2D eigenvalue weighted by atomic mass is 32.2. The van der Waals surface area contributed by atoms with E-state index in [1.165, 1.54) is 15.6 Å². The maximum Gasteiger partial charge on any atom is 0.264 e. The quantitative estimate of drug-likeness (QED) is 0.419. The number of benzene rings is 1. The van der Waals surface area contributed by atoms with Gasteiger partial charge in [0.25, 0.3) is 15.9 Å². The van der Waals surface area contributed by atoms with Crippen LogP contribution in [0.1, 0.15) is 28.1 Å². The van der Waals surface area contributed by atoms with Gasteiger partial charge >= 0.3 is 0 Å². The lowest BCUT2D eigenvalue weighted by molar-refractivity contribution is 0.0558. The van der Waals surface area contributed by atoms with Gasteiger partial charge in [-0.15, -0.1) is 17.8 Å². The predicted molar refractivity (Wildman–Crippen MR) is 134 cm³/mol. The van der Waals surface area contributed by atoms with Gasteiger partial charge in [0.15, 0.2) is 0 Å². The van der Waals surface area contributed by atoms with Crippen LogP contribution in [0.5, 0.6) is 0 Å². The number of nitriles is 1. The van der Waals surface area contributed by atoms with Gasteiger partial charge in [0.1, 0.15) is 5.03 Å². The third-order valence-electron chi connectivity index (χ3n) is 6.17. The van der Waals surface area contributed by atoms with Crippen LogP contribution in [-0.2, 0) is 10.0 Å². The molecule has 4 aromatic rings. The molecule has 10 heteroatoms. The first kappa shape index (κ1) is 23.1. The summed E-state index contributed by atoms with van der Waals surface area (Å²) in [6, 6.07) is 14.1. The van der Waals surface area contributed by atoms with Crippen molar-refractivity contribution in [2.45, 2.75) is 23.9 Å². The van der Waals surface area contributed by atoms with E-state index in [9.17, 15) is 13.2 Å². The molecule has 176 valence electrons. The van der Waals surface area contributed by atoms with Crippen LogP contribution in [0.2, 0.25) is 0 Å². The highest BCUT2D eigenvalue weighted by molar-refractivity contribution is 7.89. The number of carbonyl (C=O) groups is 1. The second-order valence-corrected chi connectivity index (χ2v) is 11.3. The van der Waals surface area contributed by atoms with Crippen molar-refractivity contribution in [3.05, 3.63) is 59.1 Å². The minimum absolute atomic E-state index is 0.0797. The van der Waals surface area contributed by atoms with Crippen molar-refractivity contribution in [3.63, 3.8) is 0 Å². The minimum Gasteiger partial charge on any atom is -0.345 e. The fraction of sp³-hybridized carbons (Fsp3) is 0.240. The fourth-order valence-electron chi connectivity index (χ4n) is 4.38. The van der Waals surface area contributed by atoms with E-state index < -0.39 is 16.1 Å². The summed E-state index contributed by atoms with van der Waals surface area (Å²) >= 11 is 1.36. The van der Waals surface area contributed by atoms with Gasteiger partial charge in [0, 0.05) is 54.8 Å². The number of hydrogen-bond acceptors (Lipinski definition) is 6. The Morgan fingerprint density at radius 2 is 2.11 bits per heavy atom. The molecule has 8 nitrogen and oxygen atoms in total. The first-order chi connectivity index (χ1) is 16.9. The molecule has 0 spiro atoms. The number of nitrogens with one attached hydrogen (secondary N) is 1. The van der Waals surface area contributed by atoms with Crippen molar-refractivity contribution >= 4 is 48.4 Å². The van der Waals surface area contributed by atoms with Gasteiger partial charge in [-0.1, -0.05) is 5.92 Å². The lowest BCUT2D eigenvalue weighted by atomic mass is 10.1. The van der Waals surface area contributed by atoms with Gasteiger partial charge in [-0.2, -0.15) is 9.57 Å². The third-order valence-corrected chi connectivity index (χ3v) is 9.04. The van der Waals surface area contributed by atoms with Gasteiger partial charge in [0.2, 0.25) is 0 Å². The second kappa shape index (κ2) is 9.16. The Morgan fingerprint density at radius 1 is 1.26 bits per heavy atom. The topological polar surface area (TPSA) is 110 Å². The molecule has 0 saturated carbocycles. The number of amides is 1. The number of sulfonamides is 1. The van der Waals surface area contributed by atoms with Crippen LogP contribution >= 0.6 is 11.3 Å². The first-order valence-corrected chi connectivity index (χ1v) is 13.3. The normalized spacial score (nSPS) is 16.9. The Balaban J connectivity index is 1.41. The number of pyridine rings is 1. The summed E-state index contributed by atoms with van der Waals surface area (Å²) in [5, 5.41) is 9.95. The average Bonchev–Trinajstić information content (AvgIpc) is 3.51. The van der Waals surface area contributed by atoms with Crippen molar-refractivity contribution in [2.24, 2.45) is 0 Å². The third kappa shape index (κ3) is 4.28. The first-order valence-electron chi connectivity index (χ1n) is 11.0. The summed E-state index contributed by atoms with van der Waals surface area (Å²) in [4.78, 5) is 22.9. The molecule has 1 saturated heterocycles. The number of fused-ring (bicyclic) bond motifs is 2. The summed E-state index contributed by atoms with van der Waals surface area (Å²) in [5.41, 5.74) is 2.10. The molecule has 0 aliphatic carbocycles. The summed E-state index contributed by atoms with van der Waals surface area (Å²) in [6.07, 6.45) is 7.75. The Hall–Kier alpha value is -3.70. The van der Waals surface area contributed by atoms with Gasteiger partial charge in [-0.25, -0.2) is 8.42 Å². The number of rotatable bonds is 5. The van der Waals surface area contributed by atoms with E-state index in [0.29, 0.717) is 27.8 Å². The van der Waals surface area contributed by atoms with Crippen LogP contribution in [-0.4, -0.2) is 59.2 Å². The lowest BCUT2D eigenvalue weighted by Gasteiger charge is -2.40. The smallest absolute Gasteiger partial charge is 0.264 e. The van der Waals surface area contributed by atoms with E-state index in [-0.39, 0.29) is 37.0 Å². The van der Waals surface area contributed by atoms with E-state index in [4.69, 9.17) is 11.7 Å². The Bertz CT molecular complexity index is 1590. The largest absolute Gasteiger partial charge is 0.345 e. The zero-order chi connectivity index (χ0) is 24.6. The van der Waals surface area contributed by atoms with Gasteiger partial charge in [-0.05, 0) is 48.9 Å². The molecule has 5 rings (SSSR count). The van der Waals surface area contributed by atoms with Crippen LogP contribution < -0.4 is 0 Å². The van der Waals surface area contributed by atoms with Crippen LogP contribution in [0.3, 0.4) is 0 Å². The van der Waals surface area contributed by atoms with Crippen molar-refractivity contribution in [3.8, 4) is 18.4 Å². The molecule has 1 N–H and O–H groups in total. The number of piperazine rings is 1. The van der Waals surface area contributed by atoms with E-state index in [2.05, 4.69) is 22.0 Å². The van der Waals surface area contributed by atoms with E-state index >= 15 is 0 Å². The van der Waals surface area contributed by atoms with Crippen LogP contribution in [0.4, 0.5) is 0 Å². The molecular weight excluding hydrogens is 482 g/mol. The monoisotopic (exact) mass is 503 g/mol. The van der Waals surface area contributed by atoms with Crippen LogP contribution in [0.15, 0.2) is 53.7 Å². The molecule has 1 fully saturated rings. The SMILES string of the molecule is C#Cc1ccc2[nH]c(S(=O)(=O)N3CCN(C(=O)c4cc5ncccc5s4)C(CCC#N)C3)cc2c1. The van der Waals surface area contributed by atoms with Gasteiger partial charge < -0.3 is 9.88 Å². The molecule has 1 atom stereocenters. The standard InChI is InChI=1S/C25H21N5O3S2/c1-2-17-7-8-20-18(13-17)14-24(28-20)35(32,33)29-11-12-30(19(16-29)5-3-9-26)25(31)23-15-21-22(34-23)6-4-10-27-21/h1,4,6-8,10,13-15,19,28H,3,5,11-12,16H2. The number of aromatic nitrogens is 2. The van der Waals surface area contributed by atoms with Crippen molar-refractivity contribution < 1.29 is 13.2 Å². The molecule has 1 aliphatic heterocycles. The number of thiophene rings is 1. The summed E-state index contributed by atoms with van der Waals surface area (Å²) in [6.45, 7) is 0.506. The number of nitrogens with zero attached hydrogens (tertiary/aromatic N) is 4. The van der Waals surface area contributed by atoms with Crippen molar-refractivity contribution in [2.75, 3.05) is 19.6 Å². The van der Waals surface area contributed by atoms with Crippen molar-refractivity contribution in [1.29, 1.82) is 5.26 Å². The Morgan fingerprint density at radius 3 is 2.89 bits per heavy atom. The number of H-pyrrole nitrogens is 1. The van der Waals surface area contributed by atoms with Gasteiger partial charge in [0.05, 0.1) is 21.2 Å². The average molecular weight is 504 g/mol. The fourth-order valence-corrected chi connectivity index (χ4v) is 6.84. The second-order valence-electron chi connectivity index (χ2n) is 8.29. The maximum atomic E-state index is 13.5. The van der Waals surface area contributed by atoms with E-state index in [1.807, 2.05) is 12.1 Å². The zero-order valence-corrected chi connectivity index (χ0v) is 20.3. The molecule has 0 radical (unpaired) electrons. The number of hydrogen-bond donors (Lipinski definition) is 1. The highest BCUT2D eigenvalue weighted by Crippen LogP contribution is 2.29. The molecular formula is C25H21N5O3S2. The molecule has 1 aliphatic rings. The summed E-state index contributed by atoms with van der Waals surface area (Å²) in [5.74, 6) is 2.39. The minimum atomic E-state index is -3.84. The zero-order valence-electron chi connectivity index (χ0n) is 18.6. The molecule has 1 amide bonds. The summed E-state index contributed by atoms with van der Waals surface area (Å²) < 4.78 is 29.2.